The average molecular weight is 329 g/mol. The van der Waals surface area contributed by atoms with E-state index in [0.717, 1.165) is 17.0 Å². The van der Waals surface area contributed by atoms with Crippen LogP contribution >= 0.6 is 11.6 Å². The third kappa shape index (κ3) is 3.68. The molecule has 0 saturated heterocycles. The number of rotatable bonds is 5. The molecule has 0 N–H and O–H groups in total. The Morgan fingerprint density at radius 3 is 2.83 bits per heavy atom. The summed E-state index contributed by atoms with van der Waals surface area (Å²) in [7, 11) is 0. The van der Waals surface area contributed by atoms with Crippen molar-refractivity contribution in [3.05, 3.63) is 59.1 Å². The van der Waals surface area contributed by atoms with Crippen molar-refractivity contribution >= 4 is 11.6 Å². The highest BCUT2D eigenvalue weighted by Gasteiger charge is 2.12. The van der Waals surface area contributed by atoms with Gasteiger partial charge in [0.1, 0.15) is 5.69 Å². The number of halogens is 1. The average Bonchev–Trinajstić information content (AvgIpc) is 2.94. The third-order valence-electron chi connectivity index (χ3n) is 3.27. The van der Waals surface area contributed by atoms with Gasteiger partial charge in [-0.25, -0.2) is 9.97 Å². The minimum atomic E-state index is 0.509. The Hall–Kier alpha value is -2.40. The van der Waals surface area contributed by atoms with Gasteiger partial charge >= 0.3 is 0 Å². The first-order valence-electron chi connectivity index (χ1n) is 7.40. The second kappa shape index (κ2) is 6.79. The molecule has 0 aliphatic heterocycles. The highest BCUT2D eigenvalue weighted by molar-refractivity contribution is 6.30. The van der Waals surface area contributed by atoms with Gasteiger partial charge in [0, 0.05) is 16.8 Å². The number of hydrogen-bond acceptors (Lipinski definition) is 4. The first kappa shape index (κ1) is 15.5. The lowest BCUT2D eigenvalue weighted by molar-refractivity contribution is 0.326. The Morgan fingerprint density at radius 2 is 2.13 bits per heavy atom. The zero-order chi connectivity index (χ0) is 16.2. The molecule has 118 valence electrons. The standard InChI is InChI=1S/C17H17ClN4O/c1-3-23-17-16(13-5-4-6-14(18)9-13)20-15(10-19-17)11-22-8-7-12(2)21-22/h4-10H,3,11H2,1-2H3. The topological polar surface area (TPSA) is 52.8 Å². The second-order valence-corrected chi connectivity index (χ2v) is 5.55. The van der Waals surface area contributed by atoms with Crippen LogP contribution in [0, 0.1) is 6.92 Å². The molecule has 3 aromatic rings. The van der Waals surface area contributed by atoms with Crippen molar-refractivity contribution in [3.8, 4) is 17.1 Å². The Morgan fingerprint density at radius 1 is 1.26 bits per heavy atom. The van der Waals surface area contributed by atoms with Gasteiger partial charge in [-0.2, -0.15) is 5.10 Å². The van der Waals surface area contributed by atoms with Crippen LogP contribution in [0.15, 0.2) is 42.7 Å². The Labute approximate surface area is 139 Å². The first-order chi connectivity index (χ1) is 11.2. The molecule has 6 heteroatoms. The molecule has 23 heavy (non-hydrogen) atoms. The van der Waals surface area contributed by atoms with Crippen LogP contribution in [0.1, 0.15) is 18.3 Å². The van der Waals surface area contributed by atoms with E-state index in [1.165, 1.54) is 0 Å². The molecule has 1 aromatic carbocycles. The number of nitrogens with zero attached hydrogens (tertiary/aromatic N) is 4. The second-order valence-electron chi connectivity index (χ2n) is 5.11. The van der Waals surface area contributed by atoms with Crippen LogP contribution < -0.4 is 4.74 Å². The number of hydrogen-bond donors (Lipinski definition) is 0. The summed E-state index contributed by atoms with van der Waals surface area (Å²) in [4.78, 5) is 9.11. The maximum atomic E-state index is 6.09. The quantitative estimate of drug-likeness (QED) is 0.715. The smallest absolute Gasteiger partial charge is 0.240 e. The summed E-state index contributed by atoms with van der Waals surface area (Å²) in [6, 6.07) is 9.48. The van der Waals surface area contributed by atoms with E-state index in [9.17, 15) is 0 Å². The van der Waals surface area contributed by atoms with E-state index < -0.39 is 0 Å². The van der Waals surface area contributed by atoms with Crippen LogP contribution in [0.2, 0.25) is 5.02 Å². The molecular formula is C17H17ClN4O. The van der Waals surface area contributed by atoms with Crippen LogP contribution in [0.4, 0.5) is 0 Å². The normalized spacial score (nSPS) is 10.7. The van der Waals surface area contributed by atoms with Crippen LogP contribution in [0.5, 0.6) is 5.88 Å². The Kier molecular flexibility index (Phi) is 4.57. The van der Waals surface area contributed by atoms with Gasteiger partial charge in [0.25, 0.3) is 0 Å². The molecule has 0 fully saturated rings. The predicted octanol–water partition coefficient (Wildman–Crippen LogP) is 3.75. The number of benzene rings is 1. The molecule has 0 bridgehead atoms. The molecule has 0 aliphatic rings. The summed E-state index contributed by atoms with van der Waals surface area (Å²) in [6.07, 6.45) is 3.64. The fraction of sp³-hybridized carbons (Fsp3) is 0.235. The van der Waals surface area contributed by atoms with Crippen LogP contribution in [0.25, 0.3) is 11.3 Å². The lowest BCUT2D eigenvalue weighted by Crippen LogP contribution is -2.06. The van der Waals surface area contributed by atoms with E-state index in [4.69, 9.17) is 21.3 Å². The van der Waals surface area contributed by atoms with Crippen molar-refractivity contribution in [2.75, 3.05) is 6.61 Å². The van der Waals surface area contributed by atoms with E-state index in [0.29, 0.717) is 29.7 Å². The molecule has 0 amide bonds. The summed E-state index contributed by atoms with van der Waals surface area (Å²) in [5.74, 6) is 0.509. The van der Waals surface area contributed by atoms with E-state index in [-0.39, 0.29) is 0 Å². The lowest BCUT2D eigenvalue weighted by atomic mass is 10.1. The minimum Gasteiger partial charge on any atom is -0.476 e. The zero-order valence-electron chi connectivity index (χ0n) is 13.0. The number of aryl methyl sites for hydroxylation is 1. The van der Waals surface area contributed by atoms with Crippen LogP contribution in [0.3, 0.4) is 0 Å². The Bertz CT molecular complexity index is 816. The van der Waals surface area contributed by atoms with Crippen molar-refractivity contribution in [1.82, 2.24) is 19.7 Å². The fourth-order valence-corrected chi connectivity index (χ4v) is 2.46. The van der Waals surface area contributed by atoms with Crippen molar-refractivity contribution in [3.63, 3.8) is 0 Å². The first-order valence-corrected chi connectivity index (χ1v) is 7.78. The van der Waals surface area contributed by atoms with Crippen LogP contribution in [-0.2, 0) is 6.54 Å². The zero-order valence-corrected chi connectivity index (χ0v) is 13.8. The lowest BCUT2D eigenvalue weighted by Gasteiger charge is -2.11. The van der Waals surface area contributed by atoms with Crippen molar-refractivity contribution in [1.29, 1.82) is 0 Å². The van der Waals surface area contributed by atoms with E-state index in [2.05, 4.69) is 10.1 Å². The Balaban J connectivity index is 1.99. The maximum Gasteiger partial charge on any atom is 0.240 e. The molecular weight excluding hydrogens is 312 g/mol. The molecule has 0 spiro atoms. The summed E-state index contributed by atoms with van der Waals surface area (Å²) in [5, 5.41) is 5.03. The summed E-state index contributed by atoms with van der Waals surface area (Å²) >= 11 is 6.09. The van der Waals surface area contributed by atoms with Crippen LogP contribution in [-0.4, -0.2) is 26.4 Å². The molecule has 0 radical (unpaired) electrons. The molecule has 0 aliphatic carbocycles. The predicted molar refractivity (Wildman–Crippen MR) is 89.7 cm³/mol. The molecule has 2 heterocycles. The molecule has 0 saturated carbocycles. The maximum absolute atomic E-state index is 6.09. The van der Waals surface area contributed by atoms with Crippen molar-refractivity contribution in [2.24, 2.45) is 0 Å². The van der Waals surface area contributed by atoms with Gasteiger partial charge in [0.05, 0.1) is 30.7 Å². The highest BCUT2D eigenvalue weighted by Crippen LogP contribution is 2.28. The highest BCUT2D eigenvalue weighted by atomic mass is 35.5. The SMILES string of the molecule is CCOc1ncc(Cn2ccc(C)n2)nc1-c1cccc(Cl)c1. The van der Waals surface area contributed by atoms with Crippen molar-refractivity contribution < 1.29 is 4.74 Å². The summed E-state index contributed by atoms with van der Waals surface area (Å²) in [5.41, 5.74) is 3.35. The van der Waals surface area contributed by atoms with Gasteiger partial charge in [-0.15, -0.1) is 0 Å². The summed E-state index contributed by atoms with van der Waals surface area (Å²) < 4.78 is 7.44. The van der Waals surface area contributed by atoms with Gasteiger partial charge in [0.15, 0.2) is 0 Å². The molecule has 3 rings (SSSR count). The van der Waals surface area contributed by atoms with E-state index in [1.54, 1.807) is 6.20 Å². The third-order valence-corrected chi connectivity index (χ3v) is 3.50. The van der Waals surface area contributed by atoms with E-state index in [1.807, 2.05) is 55.1 Å². The monoisotopic (exact) mass is 328 g/mol. The number of ether oxygens (including phenoxy) is 1. The summed E-state index contributed by atoms with van der Waals surface area (Å²) in [6.45, 7) is 4.96. The largest absolute Gasteiger partial charge is 0.476 e. The van der Waals surface area contributed by atoms with Crippen molar-refractivity contribution in [2.45, 2.75) is 20.4 Å². The fourth-order valence-electron chi connectivity index (χ4n) is 2.27. The molecule has 5 nitrogen and oxygen atoms in total. The van der Waals surface area contributed by atoms with Gasteiger partial charge in [-0.05, 0) is 32.0 Å². The number of aromatic nitrogens is 4. The van der Waals surface area contributed by atoms with Gasteiger partial charge in [0.2, 0.25) is 5.88 Å². The molecule has 0 unspecified atom stereocenters. The van der Waals surface area contributed by atoms with Gasteiger partial charge in [-0.1, -0.05) is 23.7 Å². The minimum absolute atomic E-state index is 0.509. The van der Waals surface area contributed by atoms with Gasteiger partial charge in [-0.3, -0.25) is 4.68 Å². The molecule has 2 aromatic heterocycles. The van der Waals surface area contributed by atoms with E-state index >= 15 is 0 Å². The van der Waals surface area contributed by atoms with Gasteiger partial charge < -0.3 is 4.74 Å². The molecule has 0 atom stereocenters.